The van der Waals surface area contributed by atoms with Crippen molar-refractivity contribution in [1.29, 1.82) is 0 Å². The Balaban J connectivity index is 4.22. The van der Waals surface area contributed by atoms with E-state index in [2.05, 4.69) is 93.7 Å². The second-order valence-corrected chi connectivity index (χ2v) is 16.0. The van der Waals surface area contributed by atoms with Gasteiger partial charge < -0.3 is 14.2 Å². The summed E-state index contributed by atoms with van der Waals surface area (Å²) in [7, 11) is 0. The zero-order valence-corrected chi connectivity index (χ0v) is 38.5. The Morgan fingerprint density at radius 3 is 1.07 bits per heavy atom. The zero-order valence-electron chi connectivity index (χ0n) is 38.5. The molecule has 0 heterocycles. The van der Waals surface area contributed by atoms with Crippen LogP contribution < -0.4 is 0 Å². The van der Waals surface area contributed by atoms with Gasteiger partial charge >= 0.3 is 17.9 Å². The smallest absolute Gasteiger partial charge is 0.306 e. The van der Waals surface area contributed by atoms with Gasteiger partial charge in [-0.3, -0.25) is 14.4 Å². The monoisotopic (exact) mass is 823 g/mol. The lowest BCUT2D eigenvalue weighted by Gasteiger charge is -2.18. The largest absolute Gasteiger partial charge is 0.462 e. The molecule has 0 aromatic carbocycles. The molecule has 0 saturated carbocycles. The van der Waals surface area contributed by atoms with Crippen molar-refractivity contribution < 1.29 is 28.6 Å². The number of allylic oxidation sites excluding steroid dienone is 12. The van der Waals surface area contributed by atoms with Crippen molar-refractivity contribution in [1.82, 2.24) is 0 Å². The molecule has 0 bridgehead atoms. The number of unbranched alkanes of at least 4 members (excludes halogenated alkanes) is 20. The van der Waals surface area contributed by atoms with Gasteiger partial charge in [-0.2, -0.15) is 0 Å². The van der Waals surface area contributed by atoms with Crippen molar-refractivity contribution in [3.63, 3.8) is 0 Å². The van der Waals surface area contributed by atoms with Crippen LogP contribution in [0.15, 0.2) is 72.9 Å². The molecule has 0 aliphatic rings. The molecule has 0 rings (SSSR count). The molecule has 0 N–H and O–H groups in total. The van der Waals surface area contributed by atoms with E-state index < -0.39 is 6.10 Å². The van der Waals surface area contributed by atoms with Crippen LogP contribution in [0.2, 0.25) is 0 Å². The highest BCUT2D eigenvalue weighted by atomic mass is 16.6. The predicted molar refractivity (Wildman–Crippen MR) is 251 cm³/mol. The van der Waals surface area contributed by atoms with Crippen molar-refractivity contribution in [2.45, 2.75) is 232 Å². The Kier molecular flexibility index (Phi) is 45.0. The van der Waals surface area contributed by atoms with E-state index >= 15 is 0 Å². The Morgan fingerprint density at radius 2 is 0.661 bits per heavy atom. The first-order valence-corrected chi connectivity index (χ1v) is 24.4. The fourth-order valence-corrected chi connectivity index (χ4v) is 6.52. The summed E-state index contributed by atoms with van der Waals surface area (Å²) >= 11 is 0. The van der Waals surface area contributed by atoms with E-state index in [0.717, 1.165) is 89.9 Å². The third kappa shape index (κ3) is 45.8. The summed E-state index contributed by atoms with van der Waals surface area (Å²) in [4.78, 5) is 37.6. The van der Waals surface area contributed by atoms with E-state index in [1.54, 1.807) is 0 Å². The number of hydrogen-bond donors (Lipinski definition) is 0. The summed E-state index contributed by atoms with van der Waals surface area (Å²) in [6.45, 7) is 6.38. The highest BCUT2D eigenvalue weighted by Gasteiger charge is 2.19. The normalized spacial score (nSPS) is 12.7. The summed E-state index contributed by atoms with van der Waals surface area (Å²) in [5.41, 5.74) is 0. The van der Waals surface area contributed by atoms with E-state index in [-0.39, 0.29) is 37.5 Å². The maximum Gasteiger partial charge on any atom is 0.306 e. The molecule has 338 valence electrons. The SMILES string of the molecule is CC/C=C\C/C=C\C/C=C\C/C=C\CCCCC(=O)OC(COC(=O)CCCCCCC)COC(=O)CCCCCCCCCCC/C=C\C/C=C\CCCCCCC. The standard InChI is InChI=1S/C53H90O6/c1-4-7-10-13-15-17-19-21-23-24-25-26-27-28-30-31-33-35-37-40-43-46-52(55)58-49-50(48-57-51(54)45-42-39-12-9-6-3)59-53(56)47-44-41-38-36-34-32-29-22-20-18-16-14-11-8-5-2/h8,11,16,18-19,21-22,24-25,29,34,36,50H,4-7,9-10,12-15,17,20,23,26-28,30-33,35,37-49H2,1-3H3/b11-8-,18-16-,21-19-,25-24-,29-22-,36-34-. The highest BCUT2D eigenvalue weighted by molar-refractivity contribution is 5.71. The molecular formula is C53H90O6. The van der Waals surface area contributed by atoms with Crippen LogP contribution >= 0.6 is 0 Å². The zero-order chi connectivity index (χ0) is 43.0. The molecular weight excluding hydrogens is 733 g/mol. The number of carbonyl (C=O) groups is 3. The lowest BCUT2D eigenvalue weighted by atomic mass is 10.1. The number of ether oxygens (including phenoxy) is 3. The molecule has 0 amide bonds. The molecule has 0 aromatic rings. The summed E-state index contributed by atoms with van der Waals surface area (Å²) in [6.07, 6.45) is 59.3. The third-order valence-corrected chi connectivity index (χ3v) is 10.2. The van der Waals surface area contributed by atoms with Crippen LogP contribution in [0.4, 0.5) is 0 Å². The Bertz CT molecular complexity index is 1130. The van der Waals surface area contributed by atoms with Gasteiger partial charge in [0.25, 0.3) is 0 Å². The maximum absolute atomic E-state index is 12.7. The lowest BCUT2D eigenvalue weighted by molar-refractivity contribution is -0.167. The Labute approximate surface area is 363 Å². The van der Waals surface area contributed by atoms with E-state index in [4.69, 9.17) is 14.2 Å². The molecule has 0 radical (unpaired) electrons. The second kappa shape index (κ2) is 47.5. The molecule has 0 aromatic heterocycles. The summed E-state index contributed by atoms with van der Waals surface area (Å²) < 4.78 is 16.6. The first kappa shape index (κ1) is 55.9. The van der Waals surface area contributed by atoms with Crippen molar-refractivity contribution >= 4 is 17.9 Å². The molecule has 59 heavy (non-hydrogen) atoms. The topological polar surface area (TPSA) is 78.9 Å². The molecule has 0 spiro atoms. The van der Waals surface area contributed by atoms with Gasteiger partial charge in [0.1, 0.15) is 13.2 Å². The number of carbonyl (C=O) groups excluding carboxylic acids is 3. The van der Waals surface area contributed by atoms with Gasteiger partial charge in [0.05, 0.1) is 0 Å². The van der Waals surface area contributed by atoms with Crippen LogP contribution in [0.3, 0.4) is 0 Å². The van der Waals surface area contributed by atoms with Gasteiger partial charge in [-0.15, -0.1) is 0 Å². The van der Waals surface area contributed by atoms with Gasteiger partial charge in [0.2, 0.25) is 0 Å². The van der Waals surface area contributed by atoms with Crippen LogP contribution in [-0.2, 0) is 28.6 Å². The molecule has 6 nitrogen and oxygen atoms in total. The van der Waals surface area contributed by atoms with Crippen molar-refractivity contribution in [3.05, 3.63) is 72.9 Å². The molecule has 0 aliphatic carbocycles. The minimum atomic E-state index is -0.794. The Hall–Kier alpha value is -3.15. The van der Waals surface area contributed by atoms with Gasteiger partial charge in [0.15, 0.2) is 6.10 Å². The van der Waals surface area contributed by atoms with E-state index in [1.165, 1.54) is 89.9 Å². The minimum Gasteiger partial charge on any atom is -0.462 e. The van der Waals surface area contributed by atoms with Crippen LogP contribution in [0.1, 0.15) is 226 Å². The molecule has 1 unspecified atom stereocenters. The fourth-order valence-electron chi connectivity index (χ4n) is 6.52. The summed E-state index contributed by atoms with van der Waals surface area (Å²) in [5.74, 6) is -0.957. The van der Waals surface area contributed by atoms with Crippen molar-refractivity contribution in [3.8, 4) is 0 Å². The lowest BCUT2D eigenvalue weighted by Crippen LogP contribution is -2.30. The van der Waals surface area contributed by atoms with Crippen molar-refractivity contribution in [2.75, 3.05) is 13.2 Å². The molecule has 0 fully saturated rings. The molecule has 1 atom stereocenters. The van der Waals surface area contributed by atoms with Crippen molar-refractivity contribution in [2.24, 2.45) is 0 Å². The van der Waals surface area contributed by atoms with Gasteiger partial charge in [0, 0.05) is 19.3 Å². The Morgan fingerprint density at radius 1 is 0.356 bits per heavy atom. The average molecular weight is 823 g/mol. The van der Waals surface area contributed by atoms with E-state index in [1.807, 2.05) is 0 Å². The van der Waals surface area contributed by atoms with E-state index in [9.17, 15) is 14.4 Å². The second-order valence-electron chi connectivity index (χ2n) is 16.0. The predicted octanol–water partition coefficient (Wildman–Crippen LogP) is 15.9. The third-order valence-electron chi connectivity index (χ3n) is 10.2. The molecule has 6 heteroatoms. The number of hydrogen-bond acceptors (Lipinski definition) is 6. The quantitative estimate of drug-likeness (QED) is 0.0264. The molecule has 0 aliphatic heterocycles. The van der Waals surface area contributed by atoms with E-state index in [0.29, 0.717) is 19.3 Å². The van der Waals surface area contributed by atoms with Crippen LogP contribution in [0.5, 0.6) is 0 Å². The van der Waals surface area contributed by atoms with Crippen LogP contribution in [0, 0.1) is 0 Å². The summed E-state index contributed by atoms with van der Waals surface area (Å²) in [5, 5.41) is 0. The maximum atomic E-state index is 12.7. The first-order chi connectivity index (χ1) is 29.0. The average Bonchev–Trinajstić information content (AvgIpc) is 3.23. The van der Waals surface area contributed by atoms with Gasteiger partial charge in [-0.1, -0.05) is 190 Å². The summed E-state index contributed by atoms with van der Waals surface area (Å²) in [6, 6.07) is 0. The number of esters is 3. The van der Waals surface area contributed by atoms with Crippen LogP contribution in [-0.4, -0.2) is 37.2 Å². The fraction of sp³-hybridized carbons (Fsp3) is 0.717. The highest BCUT2D eigenvalue weighted by Crippen LogP contribution is 2.13. The van der Waals surface area contributed by atoms with Gasteiger partial charge in [-0.25, -0.2) is 0 Å². The number of rotatable bonds is 43. The molecule has 0 saturated heterocycles. The first-order valence-electron chi connectivity index (χ1n) is 24.4. The minimum absolute atomic E-state index is 0.0948. The van der Waals surface area contributed by atoms with Crippen LogP contribution in [0.25, 0.3) is 0 Å². The van der Waals surface area contributed by atoms with Gasteiger partial charge in [-0.05, 0) is 89.9 Å².